The Balaban J connectivity index is 1.81. The molecule has 1 aromatic carbocycles. The Bertz CT molecular complexity index is 1020. The van der Waals surface area contributed by atoms with Crippen LogP contribution in [0.15, 0.2) is 46.0 Å². The summed E-state index contributed by atoms with van der Waals surface area (Å²) in [5.74, 6) is 1.69. The van der Waals surface area contributed by atoms with Crippen LogP contribution >= 0.6 is 23.4 Å². The number of carbonyl (C=O) groups is 1. The maximum absolute atomic E-state index is 11.7. The number of carbonyl (C=O) groups excluding carboxylic acids is 1. The fourth-order valence-corrected chi connectivity index (χ4v) is 4.41. The van der Waals surface area contributed by atoms with Crippen molar-refractivity contribution in [3.63, 3.8) is 0 Å². The van der Waals surface area contributed by atoms with E-state index in [0.717, 1.165) is 23.8 Å². The minimum atomic E-state index is -0.498. The lowest BCUT2D eigenvalue weighted by Crippen LogP contribution is -2.14. The number of rotatable bonds is 10. The molecule has 0 spiro atoms. The van der Waals surface area contributed by atoms with Crippen molar-refractivity contribution in [1.29, 1.82) is 0 Å². The van der Waals surface area contributed by atoms with Gasteiger partial charge >= 0.3 is 5.97 Å². The minimum absolute atomic E-state index is 0.0759. The third-order valence-electron chi connectivity index (χ3n) is 4.93. The normalized spacial score (nSPS) is 12.2. The predicted molar refractivity (Wildman–Crippen MR) is 120 cm³/mol. The van der Waals surface area contributed by atoms with Gasteiger partial charge in [0.25, 0.3) is 0 Å². The zero-order valence-corrected chi connectivity index (χ0v) is 19.6. The summed E-state index contributed by atoms with van der Waals surface area (Å²) in [4.78, 5) is 11.7. The van der Waals surface area contributed by atoms with E-state index in [9.17, 15) is 4.79 Å². The van der Waals surface area contributed by atoms with E-state index in [-0.39, 0.29) is 23.7 Å². The summed E-state index contributed by atoms with van der Waals surface area (Å²) in [6.07, 6.45) is 1.87. The number of aromatic nitrogens is 3. The number of methoxy groups -OCH3 is 1. The molecule has 2 heterocycles. The Morgan fingerprint density at radius 2 is 1.94 bits per heavy atom. The molecule has 0 fully saturated rings. The van der Waals surface area contributed by atoms with Crippen LogP contribution in [0.25, 0.3) is 0 Å². The zero-order valence-electron chi connectivity index (χ0n) is 18.0. The lowest BCUT2D eigenvalue weighted by molar-refractivity contribution is 0.0563. The molecule has 0 N–H and O–H groups in total. The SMILES string of the molecule is CCC(CC)n1c(COc2ccccc2Cl)nnc1SC(C)c1ccc(C(=O)OC)o1. The quantitative estimate of drug-likeness (QED) is 0.265. The number of halogens is 1. The van der Waals surface area contributed by atoms with Crippen molar-refractivity contribution in [2.75, 3.05) is 7.11 Å². The molecule has 3 rings (SSSR count). The van der Waals surface area contributed by atoms with Gasteiger partial charge in [0.05, 0.1) is 17.4 Å². The van der Waals surface area contributed by atoms with Crippen LogP contribution in [-0.2, 0) is 11.3 Å². The van der Waals surface area contributed by atoms with Crippen molar-refractivity contribution in [1.82, 2.24) is 14.8 Å². The minimum Gasteiger partial charge on any atom is -0.484 e. The van der Waals surface area contributed by atoms with Gasteiger partial charge in [0.2, 0.25) is 5.76 Å². The van der Waals surface area contributed by atoms with Gasteiger partial charge < -0.3 is 18.5 Å². The van der Waals surface area contributed by atoms with Gasteiger partial charge in [0.1, 0.15) is 18.1 Å². The highest BCUT2D eigenvalue weighted by atomic mass is 35.5. The van der Waals surface area contributed by atoms with Crippen LogP contribution in [-0.4, -0.2) is 27.8 Å². The molecule has 9 heteroatoms. The molecule has 3 aromatic rings. The number of thioether (sulfide) groups is 1. The van der Waals surface area contributed by atoms with E-state index < -0.39 is 5.97 Å². The molecule has 0 bridgehead atoms. The maximum atomic E-state index is 11.7. The number of hydrogen-bond donors (Lipinski definition) is 0. The summed E-state index contributed by atoms with van der Waals surface area (Å²) < 4.78 is 18.4. The number of benzene rings is 1. The van der Waals surface area contributed by atoms with Crippen LogP contribution < -0.4 is 4.74 Å². The van der Waals surface area contributed by atoms with Gasteiger partial charge in [-0.2, -0.15) is 0 Å². The van der Waals surface area contributed by atoms with Gasteiger partial charge in [-0.3, -0.25) is 0 Å². The molecule has 0 radical (unpaired) electrons. The third kappa shape index (κ3) is 5.43. The molecular formula is C22H26ClN3O4S. The number of hydrogen-bond acceptors (Lipinski definition) is 7. The smallest absolute Gasteiger partial charge is 0.373 e. The summed E-state index contributed by atoms with van der Waals surface area (Å²) in [6.45, 7) is 6.53. The van der Waals surface area contributed by atoms with E-state index in [1.165, 1.54) is 18.9 Å². The van der Waals surface area contributed by atoms with E-state index >= 15 is 0 Å². The average molecular weight is 464 g/mol. The second kappa shape index (κ2) is 10.7. The first kappa shape index (κ1) is 23.2. The standard InChI is InChI=1S/C22H26ClN3O4S/c1-5-15(6-2)26-20(13-29-18-10-8-7-9-16(18)23)24-25-22(26)31-14(3)17-11-12-19(30-17)21(27)28-4/h7-12,14-15H,5-6,13H2,1-4H3. The first-order valence-electron chi connectivity index (χ1n) is 10.1. The molecule has 166 valence electrons. The van der Waals surface area contributed by atoms with Gasteiger partial charge in [-0.25, -0.2) is 4.79 Å². The molecule has 0 aliphatic rings. The molecular weight excluding hydrogens is 438 g/mol. The lowest BCUT2D eigenvalue weighted by Gasteiger charge is -2.20. The Morgan fingerprint density at radius 1 is 1.19 bits per heavy atom. The van der Waals surface area contributed by atoms with E-state index in [1.807, 2.05) is 25.1 Å². The van der Waals surface area contributed by atoms with Crippen molar-refractivity contribution in [3.8, 4) is 5.75 Å². The molecule has 7 nitrogen and oxygen atoms in total. The van der Waals surface area contributed by atoms with Crippen LogP contribution in [0.5, 0.6) is 5.75 Å². The Morgan fingerprint density at radius 3 is 2.61 bits per heavy atom. The van der Waals surface area contributed by atoms with Gasteiger partial charge in [-0.05, 0) is 44.0 Å². The van der Waals surface area contributed by atoms with Crippen LogP contribution in [0.2, 0.25) is 5.02 Å². The number of ether oxygens (including phenoxy) is 2. The fraction of sp³-hybridized carbons (Fsp3) is 0.409. The van der Waals surface area contributed by atoms with Gasteiger partial charge in [-0.15, -0.1) is 10.2 Å². The highest BCUT2D eigenvalue weighted by Crippen LogP contribution is 2.37. The van der Waals surface area contributed by atoms with E-state index in [0.29, 0.717) is 16.5 Å². The summed E-state index contributed by atoms with van der Waals surface area (Å²) in [6, 6.07) is 11.0. The van der Waals surface area contributed by atoms with Crippen molar-refractivity contribution < 1.29 is 18.7 Å². The summed E-state index contributed by atoms with van der Waals surface area (Å²) in [5.41, 5.74) is 0. The Kier molecular flexibility index (Phi) is 8.03. The first-order chi connectivity index (χ1) is 15.0. The summed E-state index contributed by atoms with van der Waals surface area (Å²) >= 11 is 7.73. The number of nitrogens with zero attached hydrogens (tertiary/aromatic N) is 3. The summed E-state index contributed by atoms with van der Waals surface area (Å²) in [5, 5.41) is 10.1. The highest BCUT2D eigenvalue weighted by molar-refractivity contribution is 7.99. The lowest BCUT2D eigenvalue weighted by atomic mass is 10.2. The second-order valence-corrected chi connectivity index (χ2v) is 8.63. The fourth-order valence-electron chi connectivity index (χ4n) is 3.21. The van der Waals surface area contributed by atoms with Crippen LogP contribution in [0.1, 0.15) is 67.0 Å². The van der Waals surface area contributed by atoms with Crippen molar-refractivity contribution in [3.05, 3.63) is 58.8 Å². The van der Waals surface area contributed by atoms with E-state index in [1.54, 1.807) is 18.2 Å². The maximum Gasteiger partial charge on any atom is 0.373 e. The largest absolute Gasteiger partial charge is 0.484 e. The van der Waals surface area contributed by atoms with E-state index in [2.05, 4.69) is 28.6 Å². The second-order valence-electron chi connectivity index (χ2n) is 6.91. The molecule has 0 amide bonds. The van der Waals surface area contributed by atoms with Crippen molar-refractivity contribution in [2.24, 2.45) is 0 Å². The summed E-state index contributed by atoms with van der Waals surface area (Å²) in [7, 11) is 1.33. The molecule has 31 heavy (non-hydrogen) atoms. The van der Waals surface area contributed by atoms with Crippen LogP contribution in [0.3, 0.4) is 0 Å². The molecule has 0 saturated heterocycles. The highest BCUT2D eigenvalue weighted by Gasteiger charge is 2.23. The predicted octanol–water partition coefficient (Wildman–Crippen LogP) is 6.10. The van der Waals surface area contributed by atoms with Gasteiger partial charge in [-0.1, -0.05) is 49.3 Å². The Labute approximate surface area is 191 Å². The Hall–Kier alpha value is -2.45. The van der Waals surface area contributed by atoms with Crippen LogP contribution in [0, 0.1) is 0 Å². The number of esters is 1. The van der Waals surface area contributed by atoms with Gasteiger partial charge in [0, 0.05) is 6.04 Å². The molecule has 0 saturated carbocycles. The molecule has 0 aliphatic carbocycles. The van der Waals surface area contributed by atoms with Gasteiger partial charge in [0.15, 0.2) is 11.0 Å². The van der Waals surface area contributed by atoms with E-state index in [4.69, 9.17) is 25.5 Å². The molecule has 0 aliphatic heterocycles. The number of furan rings is 1. The molecule has 2 aromatic heterocycles. The molecule has 1 unspecified atom stereocenters. The number of para-hydroxylation sites is 1. The third-order valence-corrected chi connectivity index (χ3v) is 6.32. The first-order valence-corrected chi connectivity index (χ1v) is 11.4. The van der Waals surface area contributed by atoms with Crippen molar-refractivity contribution >= 4 is 29.3 Å². The van der Waals surface area contributed by atoms with Crippen LogP contribution in [0.4, 0.5) is 0 Å². The monoisotopic (exact) mass is 463 g/mol. The topological polar surface area (TPSA) is 79.4 Å². The zero-order chi connectivity index (χ0) is 22.4. The average Bonchev–Trinajstić information content (AvgIpc) is 3.42. The van der Waals surface area contributed by atoms with Crippen molar-refractivity contribution in [2.45, 2.75) is 56.7 Å². The molecule has 1 atom stereocenters.